The number of hydrogen-bond acceptors (Lipinski definition) is 5. The largest absolute Gasteiger partial charge is 0.345 e. The Bertz CT molecular complexity index is 1030. The van der Waals surface area contributed by atoms with E-state index in [2.05, 4.69) is 21.8 Å². The van der Waals surface area contributed by atoms with Crippen LogP contribution in [0.15, 0.2) is 45.5 Å². The molecule has 0 aliphatic heterocycles. The number of benzene rings is 1. The fourth-order valence-electron chi connectivity index (χ4n) is 2.82. The number of nitrogens with one attached hydrogen (secondary N) is 1. The molecule has 27 heavy (non-hydrogen) atoms. The van der Waals surface area contributed by atoms with E-state index in [-0.39, 0.29) is 0 Å². The van der Waals surface area contributed by atoms with Crippen molar-refractivity contribution in [3.63, 3.8) is 0 Å². The molecule has 0 amide bonds. The molecule has 0 saturated carbocycles. The molecule has 0 radical (unpaired) electrons. The minimum absolute atomic E-state index is 0.311. The molecule has 0 aliphatic rings. The Hall–Kier alpha value is -1.61. The lowest BCUT2D eigenvalue weighted by Crippen LogP contribution is -2.26. The lowest BCUT2D eigenvalue weighted by molar-refractivity contribution is 0.580. The molecule has 2 heterocycles. The lowest BCUT2D eigenvalue weighted by Gasteiger charge is -2.07. The Labute approximate surface area is 168 Å². The Morgan fingerprint density at radius 1 is 1.22 bits per heavy atom. The van der Waals surface area contributed by atoms with E-state index in [4.69, 9.17) is 0 Å². The highest BCUT2D eigenvalue weighted by Crippen LogP contribution is 2.29. The third-order valence-corrected chi connectivity index (χ3v) is 7.78. The van der Waals surface area contributed by atoms with Crippen molar-refractivity contribution in [2.75, 3.05) is 12.8 Å². The number of nitrogens with zero attached hydrogens (tertiary/aromatic N) is 2. The summed E-state index contributed by atoms with van der Waals surface area (Å²) in [6.07, 6.45) is 2.69. The zero-order valence-corrected chi connectivity index (χ0v) is 18.3. The molecule has 0 spiro atoms. The van der Waals surface area contributed by atoms with Gasteiger partial charge in [0.2, 0.25) is 10.0 Å². The maximum atomic E-state index is 12.8. The summed E-state index contributed by atoms with van der Waals surface area (Å²) in [6, 6.07) is 9.90. The molecule has 1 N–H and O–H groups in total. The standard InChI is InChI=1S/C19H23N3O2S3/c1-13-12-26-19(21-13)17-11-18(14(2)22(17)3)27(23,24)20-10-9-15-5-7-16(25-4)8-6-15/h5-8,11-12,20H,9-10H2,1-4H3. The molecule has 0 saturated heterocycles. The average Bonchev–Trinajstić information content (AvgIpc) is 3.20. The molecule has 1 aromatic carbocycles. The second-order valence-corrected chi connectivity index (χ2v) is 9.80. The summed E-state index contributed by atoms with van der Waals surface area (Å²) < 4.78 is 30.2. The SMILES string of the molecule is CSc1ccc(CCNS(=O)(=O)c2cc(-c3nc(C)cs3)n(C)c2C)cc1. The predicted octanol–water partition coefficient (Wildman–Crippen LogP) is 4.01. The Morgan fingerprint density at radius 3 is 2.52 bits per heavy atom. The monoisotopic (exact) mass is 421 g/mol. The van der Waals surface area contributed by atoms with Gasteiger partial charge in [-0.3, -0.25) is 0 Å². The molecule has 3 aromatic rings. The summed E-state index contributed by atoms with van der Waals surface area (Å²) in [7, 11) is -1.71. The van der Waals surface area contributed by atoms with Crippen LogP contribution in [0.3, 0.4) is 0 Å². The molecule has 3 rings (SSSR count). The fourth-order valence-corrected chi connectivity index (χ4v) is 5.40. The zero-order chi connectivity index (χ0) is 19.6. The summed E-state index contributed by atoms with van der Waals surface area (Å²) in [6.45, 7) is 4.11. The van der Waals surface area contributed by atoms with Crippen LogP contribution < -0.4 is 4.72 Å². The van der Waals surface area contributed by atoms with E-state index < -0.39 is 10.0 Å². The van der Waals surface area contributed by atoms with Gasteiger partial charge in [-0.2, -0.15) is 0 Å². The van der Waals surface area contributed by atoms with Crippen LogP contribution >= 0.6 is 23.1 Å². The molecular weight excluding hydrogens is 398 g/mol. The molecule has 144 valence electrons. The topological polar surface area (TPSA) is 64.0 Å². The highest BCUT2D eigenvalue weighted by molar-refractivity contribution is 7.98. The summed E-state index contributed by atoms with van der Waals surface area (Å²) in [4.78, 5) is 5.98. The summed E-state index contributed by atoms with van der Waals surface area (Å²) in [5.74, 6) is 0. The Balaban J connectivity index is 1.74. The van der Waals surface area contributed by atoms with E-state index in [1.807, 2.05) is 49.2 Å². The Kier molecular flexibility index (Phi) is 6.10. The first-order valence-electron chi connectivity index (χ1n) is 8.53. The fraction of sp³-hybridized carbons (Fsp3) is 0.316. The second kappa shape index (κ2) is 8.18. The highest BCUT2D eigenvalue weighted by atomic mass is 32.2. The second-order valence-electron chi connectivity index (χ2n) is 6.33. The van der Waals surface area contributed by atoms with E-state index in [1.54, 1.807) is 17.8 Å². The first kappa shape index (κ1) is 20.1. The number of aromatic nitrogens is 2. The van der Waals surface area contributed by atoms with Crippen molar-refractivity contribution in [2.45, 2.75) is 30.1 Å². The maximum Gasteiger partial charge on any atom is 0.242 e. The van der Waals surface area contributed by atoms with Gasteiger partial charge >= 0.3 is 0 Å². The van der Waals surface area contributed by atoms with Crippen LogP contribution in [-0.2, 0) is 23.5 Å². The number of thioether (sulfide) groups is 1. The third-order valence-electron chi connectivity index (χ3n) is 4.48. The van der Waals surface area contributed by atoms with E-state index in [9.17, 15) is 8.42 Å². The van der Waals surface area contributed by atoms with E-state index in [0.29, 0.717) is 23.6 Å². The van der Waals surface area contributed by atoms with Gasteiger partial charge in [-0.1, -0.05) is 12.1 Å². The van der Waals surface area contributed by atoms with Crippen molar-refractivity contribution >= 4 is 33.1 Å². The van der Waals surface area contributed by atoms with Crippen LogP contribution in [0, 0.1) is 13.8 Å². The van der Waals surface area contributed by atoms with Gasteiger partial charge in [0.05, 0.1) is 5.69 Å². The molecular formula is C19H23N3O2S3. The van der Waals surface area contributed by atoms with Gasteiger partial charge in [0.25, 0.3) is 0 Å². The van der Waals surface area contributed by atoms with Crippen LogP contribution in [-0.4, -0.2) is 30.8 Å². The third kappa shape index (κ3) is 4.45. The van der Waals surface area contributed by atoms with E-state index in [1.165, 1.54) is 16.2 Å². The normalized spacial score (nSPS) is 11.9. The van der Waals surface area contributed by atoms with Gasteiger partial charge in [-0.15, -0.1) is 23.1 Å². The number of hydrogen-bond donors (Lipinski definition) is 1. The van der Waals surface area contributed by atoms with Crippen LogP contribution in [0.5, 0.6) is 0 Å². The number of aryl methyl sites for hydroxylation is 1. The molecule has 0 unspecified atom stereocenters. The Morgan fingerprint density at radius 2 is 1.93 bits per heavy atom. The molecule has 0 bridgehead atoms. The van der Waals surface area contributed by atoms with E-state index >= 15 is 0 Å². The molecule has 5 nitrogen and oxygen atoms in total. The van der Waals surface area contributed by atoms with Crippen LogP contribution in [0.25, 0.3) is 10.7 Å². The highest BCUT2D eigenvalue weighted by Gasteiger charge is 2.22. The molecule has 0 fully saturated rings. The van der Waals surface area contributed by atoms with Gasteiger partial charge in [0.1, 0.15) is 9.90 Å². The average molecular weight is 422 g/mol. The lowest BCUT2D eigenvalue weighted by atomic mass is 10.2. The summed E-state index contributed by atoms with van der Waals surface area (Å²) in [5, 5.41) is 2.79. The smallest absolute Gasteiger partial charge is 0.242 e. The minimum Gasteiger partial charge on any atom is -0.345 e. The molecule has 0 atom stereocenters. The van der Waals surface area contributed by atoms with Crippen molar-refractivity contribution in [3.05, 3.63) is 52.7 Å². The van der Waals surface area contributed by atoms with Gasteiger partial charge < -0.3 is 4.57 Å². The first-order valence-corrected chi connectivity index (χ1v) is 12.1. The van der Waals surface area contributed by atoms with Crippen molar-refractivity contribution < 1.29 is 8.42 Å². The van der Waals surface area contributed by atoms with Crippen LogP contribution in [0.1, 0.15) is 17.0 Å². The summed E-state index contributed by atoms with van der Waals surface area (Å²) in [5.41, 5.74) is 3.57. The van der Waals surface area contributed by atoms with Crippen LogP contribution in [0.2, 0.25) is 0 Å². The summed E-state index contributed by atoms with van der Waals surface area (Å²) >= 11 is 3.21. The van der Waals surface area contributed by atoms with Gasteiger partial charge in [0.15, 0.2) is 0 Å². The quantitative estimate of drug-likeness (QED) is 0.586. The van der Waals surface area contributed by atoms with E-state index in [0.717, 1.165) is 22.0 Å². The van der Waals surface area contributed by atoms with Gasteiger partial charge in [0, 0.05) is 35.3 Å². The van der Waals surface area contributed by atoms with Crippen molar-refractivity contribution in [1.82, 2.24) is 14.3 Å². The predicted molar refractivity (Wildman–Crippen MR) is 113 cm³/mol. The van der Waals surface area contributed by atoms with Crippen molar-refractivity contribution in [2.24, 2.45) is 7.05 Å². The van der Waals surface area contributed by atoms with Crippen molar-refractivity contribution in [3.8, 4) is 10.7 Å². The van der Waals surface area contributed by atoms with Crippen LogP contribution in [0.4, 0.5) is 0 Å². The first-order chi connectivity index (χ1) is 12.8. The zero-order valence-electron chi connectivity index (χ0n) is 15.8. The van der Waals surface area contributed by atoms with Gasteiger partial charge in [-0.25, -0.2) is 18.1 Å². The molecule has 0 aliphatic carbocycles. The number of thiazole rings is 1. The molecule has 8 heteroatoms. The van der Waals surface area contributed by atoms with Crippen molar-refractivity contribution in [1.29, 1.82) is 0 Å². The maximum absolute atomic E-state index is 12.8. The number of sulfonamides is 1. The molecule has 2 aromatic heterocycles. The minimum atomic E-state index is -3.57. The number of rotatable bonds is 7. The van der Waals surface area contributed by atoms with Gasteiger partial charge in [-0.05, 0) is 50.3 Å².